The van der Waals surface area contributed by atoms with Crippen molar-refractivity contribution in [2.24, 2.45) is 0 Å². The molecule has 0 aromatic heterocycles. The van der Waals surface area contributed by atoms with Crippen molar-refractivity contribution >= 4 is 0 Å². The molecule has 1 aromatic carbocycles. The van der Waals surface area contributed by atoms with Gasteiger partial charge in [0.2, 0.25) is 0 Å². The van der Waals surface area contributed by atoms with E-state index < -0.39 is 0 Å². The lowest BCUT2D eigenvalue weighted by molar-refractivity contribution is 0.163. The SMILES string of the molecule is CCCCCCCCCC(O)c1ccc(C2CCC2)cc1. The van der Waals surface area contributed by atoms with E-state index in [1.807, 2.05) is 0 Å². The molecule has 0 heterocycles. The molecule has 1 atom stereocenters. The van der Waals surface area contributed by atoms with Crippen LogP contribution in [-0.2, 0) is 0 Å². The summed E-state index contributed by atoms with van der Waals surface area (Å²) >= 11 is 0. The van der Waals surface area contributed by atoms with Crippen molar-refractivity contribution in [3.8, 4) is 0 Å². The molecule has 0 spiro atoms. The number of aliphatic hydroxyl groups is 1. The van der Waals surface area contributed by atoms with E-state index in [1.165, 1.54) is 63.4 Å². The van der Waals surface area contributed by atoms with Gasteiger partial charge in [-0.1, -0.05) is 82.6 Å². The molecule has 0 radical (unpaired) electrons. The van der Waals surface area contributed by atoms with Gasteiger partial charge < -0.3 is 5.11 Å². The molecule has 1 aromatic rings. The molecule has 0 bridgehead atoms. The summed E-state index contributed by atoms with van der Waals surface area (Å²) in [5.41, 5.74) is 2.57. The van der Waals surface area contributed by atoms with E-state index in [2.05, 4.69) is 31.2 Å². The highest BCUT2D eigenvalue weighted by Crippen LogP contribution is 2.36. The van der Waals surface area contributed by atoms with E-state index >= 15 is 0 Å². The zero-order valence-electron chi connectivity index (χ0n) is 13.7. The molecular weight excluding hydrogens is 256 g/mol. The zero-order chi connectivity index (χ0) is 14.9. The third kappa shape index (κ3) is 5.47. The molecule has 1 aliphatic rings. The molecule has 1 unspecified atom stereocenters. The number of unbranched alkanes of at least 4 members (excludes halogenated alkanes) is 6. The Morgan fingerprint density at radius 1 is 0.952 bits per heavy atom. The third-order valence-corrected chi connectivity index (χ3v) is 4.98. The number of benzene rings is 1. The lowest BCUT2D eigenvalue weighted by Crippen LogP contribution is -2.08. The molecule has 1 aliphatic carbocycles. The summed E-state index contributed by atoms with van der Waals surface area (Å²) in [5.74, 6) is 0.791. The summed E-state index contributed by atoms with van der Waals surface area (Å²) in [7, 11) is 0. The molecule has 21 heavy (non-hydrogen) atoms. The number of hydrogen-bond donors (Lipinski definition) is 1. The van der Waals surface area contributed by atoms with Crippen LogP contribution in [0, 0.1) is 0 Å². The van der Waals surface area contributed by atoms with Gasteiger partial charge in [-0.3, -0.25) is 0 Å². The van der Waals surface area contributed by atoms with Crippen LogP contribution in [0.25, 0.3) is 0 Å². The Bertz CT molecular complexity index is 377. The van der Waals surface area contributed by atoms with Crippen LogP contribution in [0.5, 0.6) is 0 Å². The summed E-state index contributed by atoms with van der Waals surface area (Å²) in [5, 5.41) is 10.3. The van der Waals surface area contributed by atoms with Crippen LogP contribution in [0.4, 0.5) is 0 Å². The summed E-state index contributed by atoms with van der Waals surface area (Å²) in [6.07, 6.45) is 13.9. The van der Waals surface area contributed by atoms with Gasteiger partial charge in [0.05, 0.1) is 6.10 Å². The molecule has 1 N–H and O–H groups in total. The van der Waals surface area contributed by atoms with Gasteiger partial charge in [0.15, 0.2) is 0 Å². The first kappa shape index (κ1) is 16.5. The third-order valence-electron chi connectivity index (χ3n) is 4.98. The monoisotopic (exact) mass is 288 g/mol. The highest BCUT2D eigenvalue weighted by Gasteiger charge is 2.19. The van der Waals surface area contributed by atoms with Crippen LogP contribution in [0.2, 0.25) is 0 Å². The van der Waals surface area contributed by atoms with Crippen molar-refractivity contribution in [1.29, 1.82) is 0 Å². The fraction of sp³-hybridized carbons (Fsp3) is 0.700. The Balaban J connectivity index is 1.62. The molecule has 118 valence electrons. The zero-order valence-corrected chi connectivity index (χ0v) is 13.7. The fourth-order valence-corrected chi connectivity index (χ4v) is 3.19. The normalized spacial score (nSPS) is 16.7. The van der Waals surface area contributed by atoms with Crippen molar-refractivity contribution in [2.75, 3.05) is 0 Å². The predicted octanol–water partition coefficient (Wildman–Crippen LogP) is 6.13. The van der Waals surface area contributed by atoms with E-state index in [1.54, 1.807) is 0 Å². The van der Waals surface area contributed by atoms with Crippen LogP contribution in [-0.4, -0.2) is 5.11 Å². The van der Waals surface area contributed by atoms with Crippen molar-refractivity contribution in [1.82, 2.24) is 0 Å². The second kappa shape index (κ2) is 9.25. The second-order valence-corrected chi connectivity index (χ2v) is 6.72. The Morgan fingerprint density at radius 2 is 1.57 bits per heavy atom. The lowest BCUT2D eigenvalue weighted by atomic mass is 9.80. The Kier molecular flexibility index (Phi) is 7.29. The number of aliphatic hydroxyl groups excluding tert-OH is 1. The van der Waals surface area contributed by atoms with Crippen molar-refractivity contribution in [3.05, 3.63) is 35.4 Å². The molecule has 0 amide bonds. The molecular formula is C20H32O. The maximum atomic E-state index is 10.3. The summed E-state index contributed by atoms with van der Waals surface area (Å²) in [6, 6.07) is 8.74. The Hall–Kier alpha value is -0.820. The van der Waals surface area contributed by atoms with Crippen LogP contribution < -0.4 is 0 Å². The molecule has 1 fully saturated rings. The van der Waals surface area contributed by atoms with Crippen molar-refractivity contribution < 1.29 is 5.11 Å². The van der Waals surface area contributed by atoms with Gasteiger partial charge in [0, 0.05) is 0 Å². The van der Waals surface area contributed by atoms with Crippen LogP contribution in [0.3, 0.4) is 0 Å². The first-order valence-electron chi connectivity index (χ1n) is 9.09. The molecule has 0 aliphatic heterocycles. The number of hydrogen-bond acceptors (Lipinski definition) is 1. The summed E-state index contributed by atoms with van der Waals surface area (Å²) < 4.78 is 0. The van der Waals surface area contributed by atoms with Crippen LogP contribution in [0.1, 0.15) is 101 Å². The first-order valence-corrected chi connectivity index (χ1v) is 9.09. The van der Waals surface area contributed by atoms with Gasteiger partial charge in [0.25, 0.3) is 0 Å². The smallest absolute Gasteiger partial charge is 0.0790 e. The minimum absolute atomic E-state index is 0.268. The minimum atomic E-state index is -0.268. The average Bonchev–Trinajstić information content (AvgIpc) is 2.45. The highest BCUT2D eigenvalue weighted by atomic mass is 16.3. The van der Waals surface area contributed by atoms with Crippen LogP contribution in [0.15, 0.2) is 24.3 Å². The average molecular weight is 288 g/mol. The van der Waals surface area contributed by atoms with E-state index in [4.69, 9.17) is 0 Å². The second-order valence-electron chi connectivity index (χ2n) is 6.72. The van der Waals surface area contributed by atoms with E-state index in [0.29, 0.717) is 0 Å². The van der Waals surface area contributed by atoms with Gasteiger partial charge in [-0.05, 0) is 36.3 Å². The molecule has 0 saturated heterocycles. The van der Waals surface area contributed by atoms with E-state index in [0.717, 1.165) is 24.3 Å². The van der Waals surface area contributed by atoms with Gasteiger partial charge in [0.1, 0.15) is 0 Å². The topological polar surface area (TPSA) is 20.2 Å². The Labute approximate surface area is 130 Å². The molecule has 1 nitrogen and oxygen atoms in total. The standard InChI is InChI=1S/C20H32O/c1-2-3-4-5-6-7-8-12-20(21)19-15-13-18(14-16-19)17-10-9-11-17/h13-17,20-21H,2-12H2,1H3. The van der Waals surface area contributed by atoms with Gasteiger partial charge >= 0.3 is 0 Å². The van der Waals surface area contributed by atoms with Crippen molar-refractivity contribution in [3.63, 3.8) is 0 Å². The summed E-state index contributed by atoms with van der Waals surface area (Å²) in [4.78, 5) is 0. The van der Waals surface area contributed by atoms with Crippen LogP contribution >= 0.6 is 0 Å². The highest BCUT2D eigenvalue weighted by molar-refractivity contribution is 5.27. The largest absolute Gasteiger partial charge is 0.388 e. The molecule has 2 rings (SSSR count). The quantitative estimate of drug-likeness (QED) is 0.513. The molecule has 1 saturated carbocycles. The maximum Gasteiger partial charge on any atom is 0.0790 e. The number of rotatable bonds is 10. The Morgan fingerprint density at radius 3 is 2.14 bits per heavy atom. The fourth-order valence-electron chi connectivity index (χ4n) is 3.19. The van der Waals surface area contributed by atoms with Gasteiger partial charge in [-0.25, -0.2) is 0 Å². The van der Waals surface area contributed by atoms with Gasteiger partial charge in [-0.2, -0.15) is 0 Å². The first-order chi connectivity index (χ1) is 10.3. The van der Waals surface area contributed by atoms with E-state index in [-0.39, 0.29) is 6.10 Å². The summed E-state index contributed by atoms with van der Waals surface area (Å²) in [6.45, 7) is 2.26. The molecule has 1 heteroatoms. The van der Waals surface area contributed by atoms with Crippen molar-refractivity contribution in [2.45, 2.75) is 89.6 Å². The lowest BCUT2D eigenvalue weighted by Gasteiger charge is -2.26. The minimum Gasteiger partial charge on any atom is -0.388 e. The van der Waals surface area contributed by atoms with E-state index in [9.17, 15) is 5.11 Å². The predicted molar refractivity (Wildman–Crippen MR) is 90.6 cm³/mol. The maximum absolute atomic E-state index is 10.3. The van der Waals surface area contributed by atoms with Gasteiger partial charge in [-0.15, -0.1) is 0 Å².